The van der Waals surface area contributed by atoms with Gasteiger partial charge in [-0.25, -0.2) is 0 Å². The Morgan fingerprint density at radius 3 is 2.32 bits per heavy atom. The van der Waals surface area contributed by atoms with E-state index in [1.165, 1.54) is 37.8 Å². The van der Waals surface area contributed by atoms with Crippen molar-refractivity contribution in [3.8, 4) is 5.75 Å². The fourth-order valence-corrected chi connectivity index (χ4v) is 5.16. The van der Waals surface area contributed by atoms with Gasteiger partial charge in [0.1, 0.15) is 10.6 Å². The Bertz CT molecular complexity index is 1080. The van der Waals surface area contributed by atoms with Crippen molar-refractivity contribution in [3.63, 3.8) is 0 Å². The summed E-state index contributed by atoms with van der Waals surface area (Å²) in [7, 11) is -4.44. The number of carbonyl (C=O) groups excluding carboxylic acids is 1. The molecule has 0 atom stereocenters. The van der Waals surface area contributed by atoms with Crippen LogP contribution in [0.15, 0.2) is 53.4 Å². The predicted molar refractivity (Wildman–Crippen MR) is 123 cm³/mol. The quantitative estimate of drug-likeness (QED) is 0.388. The van der Waals surface area contributed by atoms with Crippen LogP contribution < -0.4 is 4.18 Å². The molecule has 34 heavy (non-hydrogen) atoms. The van der Waals surface area contributed by atoms with Crippen LogP contribution in [-0.2, 0) is 27.6 Å². The van der Waals surface area contributed by atoms with Crippen LogP contribution in [-0.4, -0.2) is 25.3 Å². The second-order valence-corrected chi connectivity index (χ2v) is 10.6. The largest absolute Gasteiger partial charge is 0.416 e. The minimum atomic E-state index is -4.66. The highest BCUT2D eigenvalue weighted by atomic mass is 32.2. The third kappa shape index (κ3) is 6.98. The monoisotopic (exact) mass is 497 g/mol. The minimum Gasteiger partial charge on any atom is -0.379 e. The van der Waals surface area contributed by atoms with E-state index in [2.05, 4.69) is 0 Å². The van der Waals surface area contributed by atoms with Crippen LogP contribution in [0.1, 0.15) is 63.5 Å². The highest BCUT2D eigenvalue weighted by Crippen LogP contribution is 2.31. The van der Waals surface area contributed by atoms with Crippen molar-refractivity contribution in [2.75, 3.05) is 0 Å². The number of hydrogen-bond acceptors (Lipinski definition) is 4. The molecule has 9 heteroatoms. The Labute approximate surface area is 199 Å². The molecule has 0 spiro atoms. The van der Waals surface area contributed by atoms with Gasteiger partial charge in [0.2, 0.25) is 5.91 Å². The first-order valence-electron chi connectivity index (χ1n) is 11.5. The van der Waals surface area contributed by atoms with Gasteiger partial charge in [0.15, 0.2) is 0 Å². The number of rotatable bonds is 9. The van der Waals surface area contributed by atoms with Crippen molar-refractivity contribution in [1.29, 1.82) is 0 Å². The lowest BCUT2D eigenvalue weighted by Gasteiger charge is -2.27. The van der Waals surface area contributed by atoms with E-state index in [-0.39, 0.29) is 17.7 Å². The van der Waals surface area contributed by atoms with Gasteiger partial charge in [-0.15, -0.1) is 0 Å². The van der Waals surface area contributed by atoms with Crippen LogP contribution in [0.4, 0.5) is 13.2 Å². The first-order valence-corrected chi connectivity index (χ1v) is 12.9. The molecule has 2 aromatic rings. The van der Waals surface area contributed by atoms with E-state index in [1.807, 2.05) is 13.8 Å². The zero-order valence-electron chi connectivity index (χ0n) is 19.3. The smallest absolute Gasteiger partial charge is 0.379 e. The summed E-state index contributed by atoms with van der Waals surface area (Å²) in [4.78, 5) is 14.0. The molecule has 0 heterocycles. The molecule has 0 aromatic heterocycles. The van der Waals surface area contributed by atoms with E-state index >= 15 is 0 Å². The first-order chi connectivity index (χ1) is 16.0. The van der Waals surface area contributed by atoms with Gasteiger partial charge in [0.25, 0.3) is 0 Å². The van der Waals surface area contributed by atoms with Gasteiger partial charge in [-0.1, -0.05) is 43.9 Å². The molecule has 5 nitrogen and oxygen atoms in total. The summed E-state index contributed by atoms with van der Waals surface area (Å²) in [6.07, 6.45) is 1.63. The van der Waals surface area contributed by atoms with Crippen LogP contribution in [0.5, 0.6) is 5.75 Å². The fraction of sp³-hybridized carbons (Fsp3) is 0.480. The second-order valence-electron chi connectivity index (χ2n) is 9.01. The van der Waals surface area contributed by atoms with Gasteiger partial charge in [-0.05, 0) is 62.1 Å². The highest BCUT2D eigenvalue weighted by Gasteiger charge is 2.32. The number of benzene rings is 2. The van der Waals surface area contributed by atoms with Gasteiger partial charge < -0.3 is 9.08 Å². The van der Waals surface area contributed by atoms with Crippen LogP contribution in [0.3, 0.4) is 0 Å². The maximum atomic E-state index is 12.9. The molecular formula is C25H30F3NO4S. The van der Waals surface area contributed by atoms with Gasteiger partial charge in [0.05, 0.1) is 5.56 Å². The number of nitrogens with zero attached hydrogens (tertiary/aromatic N) is 1. The van der Waals surface area contributed by atoms with E-state index in [0.29, 0.717) is 24.9 Å². The van der Waals surface area contributed by atoms with Crippen molar-refractivity contribution < 1.29 is 30.6 Å². The van der Waals surface area contributed by atoms with Crippen molar-refractivity contribution in [3.05, 3.63) is 59.7 Å². The maximum absolute atomic E-state index is 12.9. The maximum Gasteiger partial charge on any atom is 0.416 e. The minimum absolute atomic E-state index is 0.00768. The summed E-state index contributed by atoms with van der Waals surface area (Å²) in [5.74, 6) is 0.701. The van der Waals surface area contributed by atoms with Gasteiger partial charge in [-0.3, -0.25) is 4.79 Å². The molecule has 1 aliphatic rings. The van der Waals surface area contributed by atoms with Gasteiger partial charge >= 0.3 is 16.3 Å². The molecule has 0 N–H and O–H groups in total. The van der Waals surface area contributed by atoms with Crippen molar-refractivity contribution >= 4 is 16.0 Å². The average Bonchev–Trinajstić information content (AvgIpc) is 3.30. The van der Waals surface area contributed by atoms with Gasteiger partial charge in [0, 0.05) is 19.0 Å². The first kappa shape index (κ1) is 26.1. The molecule has 0 saturated heterocycles. The molecule has 1 amide bonds. The van der Waals surface area contributed by atoms with E-state index in [9.17, 15) is 26.4 Å². The Kier molecular flexibility index (Phi) is 8.28. The molecule has 0 bridgehead atoms. The van der Waals surface area contributed by atoms with Crippen molar-refractivity contribution in [2.45, 2.75) is 76.0 Å². The molecule has 3 rings (SSSR count). The lowest BCUT2D eigenvalue weighted by atomic mass is 10.0. The Hall–Kier alpha value is -2.55. The summed E-state index contributed by atoms with van der Waals surface area (Å²) in [5.41, 5.74) is -0.273. The molecule has 1 fully saturated rings. The molecule has 0 radical (unpaired) electrons. The summed E-state index contributed by atoms with van der Waals surface area (Å²) >= 11 is 0. The summed E-state index contributed by atoms with van der Waals surface area (Å²) in [6, 6.07) is 9.58. The SMILES string of the molecule is CC(C)N(Cc1ccc(OS(=O)(=O)c2cccc(C(F)(F)F)c2)cc1)C(=O)CCC1CCCC1. The molecular weight excluding hydrogens is 467 g/mol. The molecule has 1 aliphatic carbocycles. The second kappa shape index (κ2) is 10.8. The van der Waals surface area contributed by atoms with Crippen LogP contribution in [0.25, 0.3) is 0 Å². The standard InChI is InChI=1S/C25H30F3NO4S/c1-18(2)29(24(30)15-12-19-6-3-4-7-19)17-20-10-13-22(14-11-20)33-34(31,32)23-9-5-8-21(16-23)25(26,27)28/h5,8-11,13-14,16,18-19H,3-4,6-7,12,15,17H2,1-2H3. The zero-order valence-corrected chi connectivity index (χ0v) is 20.2. The van der Waals surface area contributed by atoms with E-state index in [4.69, 9.17) is 4.18 Å². The fourth-order valence-electron chi connectivity index (χ4n) is 4.18. The topological polar surface area (TPSA) is 63.7 Å². The lowest BCUT2D eigenvalue weighted by Crippen LogP contribution is -2.36. The highest BCUT2D eigenvalue weighted by molar-refractivity contribution is 7.87. The number of amides is 1. The summed E-state index contributed by atoms with van der Waals surface area (Å²) in [5, 5.41) is 0. The number of hydrogen-bond donors (Lipinski definition) is 0. The van der Waals surface area contributed by atoms with Crippen LogP contribution >= 0.6 is 0 Å². The van der Waals surface area contributed by atoms with Crippen molar-refractivity contribution in [2.24, 2.45) is 5.92 Å². The number of halogens is 3. The van der Waals surface area contributed by atoms with E-state index in [1.54, 1.807) is 17.0 Å². The van der Waals surface area contributed by atoms with Crippen LogP contribution in [0.2, 0.25) is 0 Å². The normalized spacial score (nSPS) is 15.0. The van der Waals surface area contributed by atoms with Gasteiger partial charge in [-0.2, -0.15) is 21.6 Å². The molecule has 186 valence electrons. The van der Waals surface area contributed by atoms with Crippen molar-refractivity contribution in [1.82, 2.24) is 4.90 Å². The van der Waals surface area contributed by atoms with Crippen LogP contribution in [0, 0.1) is 5.92 Å². The molecule has 0 unspecified atom stereocenters. The molecule has 0 aliphatic heterocycles. The summed E-state index contributed by atoms with van der Waals surface area (Å²) < 4.78 is 68.7. The van der Waals surface area contributed by atoms with E-state index in [0.717, 1.165) is 30.2 Å². The third-order valence-corrected chi connectivity index (χ3v) is 7.36. The predicted octanol–water partition coefficient (Wildman–Crippen LogP) is 6.18. The number of carbonyl (C=O) groups is 1. The number of alkyl halides is 3. The zero-order chi connectivity index (χ0) is 24.9. The Morgan fingerprint density at radius 1 is 1.09 bits per heavy atom. The Morgan fingerprint density at radius 2 is 1.74 bits per heavy atom. The Balaban J connectivity index is 1.64. The average molecular weight is 498 g/mol. The van der Waals surface area contributed by atoms with E-state index < -0.39 is 26.8 Å². The lowest BCUT2D eigenvalue weighted by molar-refractivity contribution is -0.137. The molecule has 2 aromatic carbocycles. The third-order valence-electron chi connectivity index (χ3n) is 6.12. The summed E-state index contributed by atoms with van der Waals surface area (Å²) in [6.45, 7) is 4.28. The molecule has 1 saturated carbocycles.